The van der Waals surface area contributed by atoms with Crippen LogP contribution in [-0.2, 0) is 12.8 Å². The number of hydrogen-bond acceptors (Lipinski definition) is 2. The summed E-state index contributed by atoms with van der Waals surface area (Å²) in [5.74, 6) is 0. The summed E-state index contributed by atoms with van der Waals surface area (Å²) in [7, 11) is 0. The average molecular weight is 225 g/mol. The first-order chi connectivity index (χ1) is 8.29. The van der Waals surface area contributed by atoms with Gasteiger partial charge >= 0.3 is 0 Å². The van der Waals surface area contributed by atoms with E-state index < -0.39 is 0 Å². The Kier molecular flexibility index (Phi) is 2.12. The number of nitrogens with one attached hydrogen (secondary N) is 1. The maximum Gasteiger partial charge on any atom is 0.274 e. The van der Waals surface area contributed by atoms with Crippen LogP contribution in [0.15, 0.2) is 29.1 Å². The molecule has 1 aliphatic rings. The van der Waals surface area contributed by atoms with Gasteiger partial charge in [0.15, 0.2) is 0 Å². The molecule has 0 saturated heterocycles. The van der Waals surface area contributed by atoms with E-state index in [1.807, 2.05) is 6.07 Å². The highest BCUT2D eigenvalue weighted by Crippen LogP contribution is 2.18. The first-order valence-electron chi connectivity index (χ1n) is 5.63. The van der Waals surface area contributed by atoms with Gasteiger partial charge in [0, 0.05) is 11.3 Å². The molecule has 2 aromatic rings. The highest BCUT2D eigenvalue weighted by Gasteiger charge is 2.19. The Hall–Kier alpha value is -2.28. The van der Waals surface area contributed by atoms with Crippen molar-refractivity contribution in [3.05, 3.63) is 51.4 Å². The van der Waals surface area contributed by atoms with Gasteiger partial charge in [-0.05, 0) is 37.5 Å². The molecule has 0 radical (unpaired) electrons. The summed E-state index contributed by atoms with van der Waals surface area (Å²) in [5, 5.41) is 12.0. The van der Waals surface area contributed by atoms with Crippen molar-refractivity contribution in [2.75, 3.05) is 0 Å². The number of nitrogens with zero attached hydrogens (tertiary/aromatic N) is 2. The lowest BCUT2D eigenvalue weighted by molar-refractivity contribution is 0.779. The van der Waals surface area contributed by atoms with Gasteiger partial charge in [-0.1, -0.05) is 6.07 Å². The summed E-state index contributed by atoms with van der Waals surface area (Å²) >= 11 is 0. The maximum atomic E-state index is 12.1. The second-order valence-electron chi connectivity index (χ2n) is 4.23. The van der Waals surface area contributed by atoms with E-state index in [-0.39, 0.29) is 5.56 Å². The Morgan fingerprint density at radius 3 is 3.00 bits per heavy atom. The van der Waals surface area contributed by atoms with E-state index >= 15 is 0 Å². The fourth-order valence-electron chi connectivity index (χ4n) is 2.32. The van der Waals surface area contributed by atoms with Crippen molar-refractivity contribution in [2.45, 2.75) is 19.3 Å². The van der Waals surface area contributed by atoms with E-state index in [0.29, 0.717) is 5.56 Å². The number of benzene rings is 1. The van der Waals surface area contributed by atoms with Crippen LogP contribution in [0.2, 0.25) is 0 Å². The van der Waals surface area contributed by atoms with Crippen molar-refractivity contribution in [1.82, 2.24) is 9.78 Å². The van der Waals surface area contributed by atoms with Gasteiger partial charge in [0.1, 0.15) is 0 Å². The van der Waals surface area contributed by atoms with Crippen LogP contribution in [0.3, 0.4) is 0 Å². The van der Waals surface area contributed by atoms with Crippen molar-refractivity contribution in [3.8, 4) is 11.8 Å². The molecule has 0 spiro atoms. The van der Waals surface area contributed by atoms with Gasteiger partial charge < -0.3 is 0 Å². The van der Waals surface area contributed by atoms with Gasteiger partial charge in [0.25, 0.3) is 5.56 Å². The standard InChI is InChI=1S/C13H11N3O/c14-8-9-3-1-4-10(7-9)16-13(17)11-5-2-6-12(11)15-16/h1,3-4,7,15H,2,5-6H2. The van der Waals surface area contributed by atoms with Crippen LogP contribution in [0.4, 0.5) is 0 Å². The molecule has 84 valence electrons. The van der Waals surface area contributed by atoms with Crippen molar-refractivity contribution in [3.63, 3.8) is 0 Å². The third-order valence-electron chi connectivity index (χ3n) is 3.16. The van der Waals surface area contributed by atoms with E-state index in [2.05, 4.69) is 11.2 Å². The van der Waals surface area contributed by atoms with E-state index in [1.54, 1.807) is 18.2 Å². The van der Waals surface area contributed by atoms with E-state index in [0.717, 1.165) is 36.2 Å². The molecule has 3 rings (SSSR count). The normalized spacial score (nSPS) is 13.4. The zero-order chi connectivity index (χ0) is 11.8. The molecule has 4 nitrogen and oxygen atoms in total. The van der Waals surface area contributed by atoms with E-state index in [9.17, 15) is 4.79 Å². The first kappa shape index (κ1) is 9.91. The molecule has 0 bridgehead atoms. The van der Waals surface area contributed by atoms with Crippen LogP contribution in [0, 0.1) is 11.3 Å². The number of aryl methyl sites for hydroxylation is 1. The maximum absolute atomic E-state index is 12.1. The summed E-state index contributed by atoms with van der Waals surface area (Å²) < 4.78 is 1.53. The number of H-pyrrole nitrogens is 1. The summed E-state index contributed by atoms with van der Waals surface area (Å²) in [6.45, 7) is 0. The Labute approximate surface area is 98.1 Å². The lowest BCUT2D eigenvalue weighted by atomic mass is 10.2. The summed E-state index contributed by atoms with van der Waals surface area (Å²) in [4.78, 5) is 12.1. The third-order valence-corrected chi connectivity index (χ3v) is 3.16. The monoisotopic (exact) mass is 225 g/mol. The van der Waals surface area contributed by atoms with E-state index in [4.69, 9.17) is 5.26 Å². The van der Waals surface area contributed by atoms with Crippen LogP contribution in [-0.4, -0.2) is 9.78 Å². The van der Waals surface area contributed by atoms with Crippen LogP contribution in [0.25, 0.3) is 5.69 Å². The fourth-order valence-corrected chi connectivity index (χ4v) is 2.32. The Morgan fingerprint density at radius 1 is 1.35 bits per heavy atom. The molecule has 1 aliphatic carbocycles. The smallest absolute Gasteiger partial charge is 0.274 e. The molecule has 1 heterocycles. The topological polar surface area (TPSA) is 61.6 Å². The Balaban J connectivity index is 2.16. The largest absolute Gasteiger partial charge is 0.295 e. The van der Waals surface area contributed by atoms with Crippen LogP contribution < -0.4 is 5.56 Å². The SMILES string of the molecule is N#Cc1cccc(-n2[nH]c3c(c2=O)CCC3)c1. The molecule has 1 aromatic heterocycles. The molecule has 0 atom stereocenters. The molecular formula is C13H11N3O. The number of fused-ring (bicyclic) bond motifs is 1. The predicted molar refractivity (Wildman–Crippen MR) is 63.1 cm³/mol. The zero-order valence-corrected chi connectivity index (χ0v) is 9.23. The van der Waals surface area contributed by atoms with Gasteiger partial charge in [-0.25, -0.2) is 4.68 Å². The summed E-state index contributed by atoms with van der Waals surface area (Å²) in [6.07, 6.45) is 2.85. The van der Waals surface area contributed by atoms with Crippen LogP contribution in [0.5, 0.6) is 0 Å². The molecule has 0 saturated carbocycles. The van der Waals surface area contributed by atoms with Gasteiger partial charge in [0.05, 0.1) is 17.3 Å². The molecule has 4 heteroatoms. The molecule has 0 unspecified atom stereocenters. The van der Waals surface area contributed by atoms with Crippen molar-refractivity contribution in [2.24, 2.45) is 0 Å². The molecule has 1 N–H and O–H groups in total. The number of hydrogen-bond donors (Lipinski definition) is 1. The highest BCUT2D eigenvalue weighted by molar-refractivity contribution is 5.41. The van der Waals surface area contributed by atoms with Gasteiger partial charge in [-0.2, -0.15) is 5.26 Å². The molecular weight excluding hydrogens is 214 g/mol. The van der Waals surface area contributed by atoms with Crippen molar-refractivity contribution >= 4 is 0 Å². The summed E-state index contributed by atoms with van der Waals surface area (Å²) in [5.41, 5.74) is 3.24. The minimum atomic E-state index is 0.0209. The molecule has 0 amide bonds. The zero-order valence-electron chi connectivity index (χ0n) is 9.23. The highest BCUT2D eigenvalue weighted by atomic mass is 16.1. The number of rotatable bonds is 1. The van der Waals surface area contributed by atoms with Crippen LogP contribution >= 0.6 is 0 Å². The predicted octanol–water partition coefficient (Wildman–Crippen LogP) is 1.53. The molecule has 17 heavy (non-hydrogen) atoms. The van der Waals surface area contributed by atoms with Gasteiger partial charge in [-0.15, -0.1) is 0 Å². The minimum Gasteiger partial charge on any atom is -0.295 e. The lowest BCUT2D eigenvalue weighted by Crippen LogP contribution is -2.17. The van der Waals surface area contributed by atoms with Crippen molar-refractivity contribution in [1.29, 1.82) is 5.26 Å². The lowest BCUT2D eigenvalue weighted by Gasteiger charge is -2.02. The minimum absolute atomic E-state index is 0.0209. The van der Waals surface area contributed by atoms with Crippen LogP contribution in [0.1, 0.15) is 23.2 Å². The summed E-state index contributed by atoms with van der Waals surface area (Å²) in [6, 6.07) is 9.13. The van der Waals surface area contributed by atoms with Crippen molar-refractivity contribution < 1.29 is 0 Å². The first-order valence-corrected chi connectivity index (χ1v) is 5.63. The molecule has 0 fully saturated rings. The average Bonchev–Trinajstić information content (AvgIpc) is 2.93. The quantitative estimate of drug-likeness (QED) is 0.799. The third kappa shape index (κ3) is 1.48. The molecule has 1 aromatic carbocycles. The van der Waals surface area contributed by atoms with Gasteiger partial charge in [0.2, 0.25) is 0 Å². The molecule has 0 aliphatic heterocycles. The number of nitriles is 1. The second-order valence-corrected chi connectivity index (χ2v) is 4.23. The Bertz CT molecular complexity index is 673. The van der Waals surface area contributed by atoms with E-state index in [1.165, 1.54) is 4.68 Å². The number of aromatic amines is 1. The van der Waals surface area contributed by atoms with Gasteiger partial charge in [-0.3, -0.25) is 9.89 Å². The fraction of sp³-hybridized carbons (Fsp3) is 0.231. The number of aromatic nitrogens is 2. The second kappa shape index (κ2) is 3.63. The Morgan fingerprint density at radius 2 is 2.24 bits per heavy atom.